The van der Waals surface area contributed by atoms with E-state index in [9.17, 15) is 14.7 Å². The SMILES string of the molecule is Cc1nc2c(C)cccn2c1/C(O)=C1\C(=O)C(=O)N(CCCN2CCOCC2)[C@H]1c1ccccc1. The van der Waals surface area contributed by atoms with Gasteiger partial charge in [-0.25, -0.2) is 4.98 Å². The molecule has 1 amide bonds. The molecule has 1 atom stereocenters. The summed E-state index contributed by atoms with van der Waals surface area (Å²) in [5, 5.41) is 11.5. The Balaban J connectivity index is 1.55. The van der Waals surface area contributed by atoms with Crippen LogP contribution in [0.15, 0.2) is 54.2 Å². The first-order valence-corrected chi connectivity index (χ1v) is 12.1. The molecule has 2 aromatic heterocycles. The number of Topliss-reactive ketones (excluding diaryl/α,β-unsaturated/α-hetero) is 1. The molecule has 0 spiro atoms. The lowest BCUT2D eigenvalue weighted by Crippen LogP contribution is -2.38. The number of ketones is 1. The maximum atomic E-state index is 13.3. The Labute approximate surface area is 204 Å². The highest BCUT2D eigenvalue weighted by molar-refractivity contribution is 6.46. The molecule has 2 fully saturated rings. The van der Waals surface area contributed by atoms with Crippen molar-refractivity contribution in [2.75, 3.05) is 39.4 Å². The number of fused-ring (bicyclic) bond motifs is 1. The van der Waals surface area contributed by atoms with Gasteiger partial charge in [-0.3, -0.25) is 18.9 Å². The van der Waals surface area contributed by atoms with Crippen molar-refractivity contribution < 1.29 is 19.4 Å². The molecular weight excluding hydrogens is 444 g/mol. The summed E-state index contributed by atoms with van der Waals surface area (Å²) < 4.78 is 7.20. The zero-order chi connectivity index (χ0) is 24.5. The van der Waals surface area contributed by atoms with E-state index in [-0.39, 0.29) is 11.3 Å². The topological polar surface area (TPSA) is 87.4 Å². The highest BCUT2D eigenvalue weighted by Gasteiger charge is 2.46. The van der Waals surface area contributed by atoms with Crippen LogP contribution in [0.1, 0.15) is 35.0 Å². The summed E-state index contributed by atoms with van der Waals surface area (Å²) in [4.78, 5) is 35.1. The molecule has 4 heterocycles. The fraction of sp³-hybridized carbons (Fsp3) is 0.370. The van der Waals surface area contributed by atoms with Crippen molar-refractivity contribution in [3.8, 4) is 0 Å². The first kappa shape index (κ1) is 23.3. The number of hydrogen-bond acceptors (Lipinski definition) is 6. The van der Waals surface area contributed by atoms with E-state index in [0.717, 1.165) is 37.2 Å². The van der Waals surface area contributed by atoms with Crippen LogP contribution in [-0.2, 0) is 14.3 Å². The summed E-state index contributed by atoms with van der Waals surface area (Å²) in [5.74, 6) is -1.43. The number of likely N-dealkylation sites (tertiary alicyclic amines) is 1. The second kappa shape index (κ2) is 9.64. The fourth-order valence-corrected chi connectivity index (χ4v) is 5.11. The lowest BCUT2D eigenvalue weighted by molar-refractivity contribution is -0.140. The Morgan fingerprint density at radius 1 is 1.06 bits per heavy atom. The predicted molar refractivity (Wildman–Crippen MR) is 132 cm³/mol. The Bertz CT molecular complexity index is 1290. The van der Waals surface area contributed by atoms with E-state index in [2.05, 4.69) is 9.88 Å². The molecule has 2 aliphatic rings. The summed E-state index contributed by atoms with van der Waals surface area (Å²) in [6, 6.07) is 12.6. The average molecular weight is 475 g/mol. The number of rotatable bonds is 6. The highest BCUT2D eigenvalue weighted by Crippen LogP contribution is 2.40. The zero-order valence-corrected chi connectivity index (χ0v) is 20.1. The Kier molecular flexibility index (Phi) is 6.40. The van der Waals surface area contributed by atoms with Crippen molar-refractivity contribution in [2.24, 2.45) is 0 Å². The highest BCUT2D eigenvalue weighted by atomic mass is 16.5. The third kappa shape index (κ3) is 4.24. The zero-order valence-electron chi connectivity index (χ0n) is 20.1. The van der Waals surface area contributed by atoms with Crippen molar-refractivity contribution in [3.63, 3.8) is 0 Å². The molecule has 35 heavy (non-hydrogen) atoms. The molecule has 0 saturated carbocycles. The molecule has 0 unspecified atom stereocenters. The molecule has 2 aliphatic heterocycles. The first-order valence-electron chi connectivity index (χ1n) is 12.1. The number of carbonyl (C=O) groups excluding carboxylic acids is 2. The van der Waals surface area contributed by atoms with Gasteiger partial charge in [-0.1, -0.05) is 36.4 Å². The summed E-state index contributed by atoms with van der Waals surface area (Å²) in [5.41, 5.74) is 3.61. The largest absolute Gasteiger partial charge is 0.505 e. The van der Waals surface area contributed by atoms with E-state index < -0.39 is 17.7 Å². The maximum Gasteiger partial charge on any atom is 0.295 e. The summed E-state index contributed by atoms with van der Waals surface area (Å²) in [6.07, 6.45) is 2.54. The van der Waals surface area contributed by atoms with E-state index in [1.807, 2.05) is 55.6 Å². The van der Waals surface area contributed by atoms with E-state index >= 15 is 0 Å². The van der Waals surface area contributed by atoms with Gasteiger partial charge in [0.15, 0.2) is 5.76 Å². The Morgan fingerprint density at radius 2 is 1.80 bits per heavy atom. The normalized spacial score (nSPS) is 20.7. The van der Waals surface area contributed by atoms with Gasteiger partial charge in [-0.15, -0.1) is 0 Å². The number of benzene rings is 1. The van der Waals surface area contributed by atoms with Crippen LogP contribution >= 0.6 is 0 Å². The summed E-state index contributed by atoms with van der Waals surface area (Å²) in [6.45, 7) is 8.16. The lowest BCUT2D eigenvalue weighted by Gasteiger charge is -2.29. The molecule has 0 radical (unpaired) electrons. The van der Waals surface area contributed by atoms with Crippen molar-refractivity contribution in [1.29, 1.82) is 0 Å². The second-order valence-corrected chi connectivity index (χ2v) is 9.14. The third-order valence-corrected chi connectivity index (χ3v) is 6.88. The van der Waals surface area contributed by atoms with Crippen molar-refractivity contribution in [1.82, 2.24) is 19.2 Å². The van der Waals surface area contributed by atoms with Crippen LogP contribution < -0.4 is 0 Å². The minimum Gasteiger partial charge on any atom is -0.505 e. The van der Waals surface area contributed by atoms with Crippen LogP contribution in [0.5, 0.6) is 0 Å². The predicted octanol–water partition coefficient (Wildman–Crippen LogP) is 3.10. The first-order chi connectivity index (χ1) is 17.0. The number of amides is 1. The van der Waals surface area contributed by atoms with Crippen LogP contribution in [0, 0.1) is 13.8 Å². The number of pyridine rings is 1. The van der Waals surface area contributed by atoms with E-state index in [0.29, 0.717) is 36.8 Å². The van der Waals surface area contributed by atoms with Crippen LogP contribution in [0.2, 0.25) is 0 Å². The van der Waals surface area contributed by atoms with Gasteiger partial charge < -0.3 is 14.7 Å². The Morgan fingerprint density at radius 3 is 2.54 bits per heavy atom. The summed E-state index contributed by atoms with van der Waals surface area (Å²) >= 11 is 0. The fourth-order valence-electron chi connectivity index (χ4n) is 5.11. The number of ether oxygens (including phenoxy) is 1. The van der Waals surface area contributed by atoms with Gasteiger partial charge in [-0.2, -0.15) is 0 Å². The molecule has 1 aromatic carbocycles. The third-order valence-electron chi connectivity index (χ3n) is 6.88. The number of carbonyl (C=O) groups is 2. The molecule has 8 nitrogen and oxygen atoms in total. The minimum atomic E-state index is -0.662. The molecular formula is C27H30N4O4. The van der Waals surface area contributed by atoms with Crippen molar-refractivity contribution in [2.45, 2.75) is 26.3 Å². The number of imidazole rings is 1. The van der Waals surface area contributed by atoms with Gasteiger partial charge in [0.1, 0.15) is 11.3 Å². The van der Waals surface area contributed by atoms with Crippen LogP contribution in [-0.4, -0.2) is 75.4 Å². The molecule has 0 bridgehead atoms. The second-order valence-electron chi connectivity index (χ2n) is 9.14. The molecule has 2 saturated heterocycles. The van der Waals surface area contributed by atoms with E-state index in [1.54, 1.807) is 16.2 Å². The van der Waals surface area contributed by atoms with Gasteiger partial charge in [-0.05, 0) is 37.5 Å². The molecule has 0 aliphatic carbocycles. The Hall–Kier alpha value is -3.49. The van der Waals surface area contributed by atoms with E-state index in [4.69, 9.17) is 4.74 Å². The van der Waals surface area contributed by atoms with Crippen molar-refractivity contribution in [3.05, 3.63) is 76.7 Å². The number of hydrogen-bond donors (Lipinski definition) is 1. The molecule has 5 rings (SSSR count). The monoisotopic (exact) mass is 474 g/mol. The van der Waals surface area contributed by atoms with Crippen molar-refractivity contribution >= 4 is 23.1 Å². The molecule has 182 valence electrons. The number of morpholine rings is 1. The molecule has 8 heteroatoms. The average Bonchev–Trinajstić information content (AvgIpc) is 3.34. The van der Waals surface area contributed by atoms with Gasteiger partial charge in [0.05, 0.1) is 30.5 Å². The lowest BCUT2D eigenvalue weighted by atomic mass is 9.96. The number of aliphatic hydroxyl groups is 1. The van der Waals surface area contributed by atoms with Gasteiger partial charge in [0.2, 0.25) is 0 Å². The minimum absolute atomic E-state index is 0.110. The number of aromatic nitrogens is 2. The standard InChI is InChI=1S/C27H30N4O4/c1-18-8-6-12-30-22(19(2)28-26(18)30)24(32)21-23(20-9-4-3-5-10-20)31(27(34)25(21)33)13-7-11-29-14-16-35-17-15-29/h3-6,8-10,12,23,32H,7,11,13-17H2,1-2H3/b24-21+/t23-/m0/s1. The summed E-state index contributed by atoms with van der Waals surface area (Å²) in [7, 11) is 0. The molecule has 1 N–H and O–H groups in total. The van der Waals surface area contributed by atoms with Gasteiger partial charge >= 0.3 is 0 Å². The van der Waals surface area contributed by atoms with Crippen LogP contribution in [0.3, 0.4) is 0 Å². The number of aryl methyl sites for hydroxylation is 2. The van der Waals surface area contributed by atoms with Crippen LogP contribution in [0.25, 0.3) is 11.4 Å². The molecule has 3 aromatic rings. The van der Waals surface area contributed by atoms with Crippen LogP contribution in [0.4, 0.5) is 0 Å². The van der Waals surface area contributed by atoms with Gasteiger partial charge in [0.25, 0.3) is 11.7 Å². The smallest absolute Gasteiger partial charge is 0.295 e. The maximum absolute atomic E-state index is 13.3. The number of nitrogens with zero attached hydrogens (tertiary/aromatic N) is 4. The van der Waals surface area contributed by atoms with E-state index in [1.165, 1.54) is 0 Å². The van der Waals surface area contributed by atoms with Gasteiger partial charge in [0, 0.05) is 32.4 Å². The quantitative estimate of drug-likeness (QED) is 0.336. The number of aliphatic hydroxyl groups excluding tert-OH is 1.